The van der Waals surface area contributed by atoms with Gasteiger partial charge in [0.15, 0.2) is 0 Å². The van der Waals surface area contributed by atoms with E-state index in [0.29, 0.717) is 0 Å². The molecule has 1 unspecified atom stereocenters. The number of carbonyl (C=O) groups is 1. The first-order valence-electron chi connectivity index (χ1n) is 2.67. The fraction of sp³-hybridized carbons (Fsp3) is 0.167. The zero-order chi connectivity index (χ0) is 7.40. The SMILES string of the molecule is [O]OC1C=CC=CC(=O)O1. The lowest BCUT2D eigenvalue weighted by Gasteiger charge is -2.04. The molecule has 0 saturated heterocycles. The van der Waals surface area contributed by atoms with Crippen LogP contribution in [0.25, 0.3) is 0 Å². The van der Waals surface area contributed by atoms with Gasteiger partial charge in [-0.05, 0) is 11.3 Å². The number of cyclic esters (lactones) is 1. The summed E-state index contributed by atoms with van der Waals surface area (Å²) >= 11 is 0. The fourth-order valence-corrected chi connectivity index (χ4v) is 0.534. The highest BCUT2D eigenvalue weighted by molar-refractivity contribution is 5.82. The molecule has 0 aliphatic carbocycles. The van der Waals surface area contributed by atoms with Gasteiger partial charge in [-0.2, -0.15) is 4.89 Å². The van der Waals surface area contributed by atoms with Crippen LogP contribution >= 0.6 is 0 Å². The second-order valence-electron chi connectivity index (χ2n) is 1.65. The van der Waals surface area contributed by atoms with Crippen LogP contribution in [-0.2, 0) is 19.7 Å². The second-order valence-corrected chi connectivity index (χ2v) is 1.65. The van der Waals surface area contributed by atoms with E-state index < -0.39 is 12.3 Å². The summed E-state index contributed by atoms with van der Waals surface area (Å²) in [6, 6.07) is 0. The molecule has 1 aliphatic heterocycles. The summed E-state index contributed by atoms with van der Waals surface area (Å²) in [6.07, 6.45) is 4.43. The van der Waals surface area contributed by atoms with Gasteiger partial charge in [0, 0.05) is 6.08 Å². The molecule has 0 aromatic carbocycles. The highest BCUT2D eigenvalue weighted by Gasteiger charge is 2.10. The lowest BCUT2D eigenvalue weighted by Crippen LogP contribution is -2.14. The Bertz CT molecular complexity index is 182. The normalized spacial score (nSPS) is 24.1. The van der Waals surface area contributed by atoms with Gasteiger partial charge in [-0.25, -0.2) is 4.79 Å². The first kappa shape index (κ1) is 6.98. The minimum absolute atomic E-state index is 0.578. The third-order valence-electron chi connectivity index (χ3n) is 0.939. The van der Waals surface area contributed by atoms with Crippen molar-refractivity contribution in [3.8, 4) is 0 Å². The second kappa shape index (κ2) is 3.14. The Morgan fingerprint density at radius 3 is 3.00 bits per heavy atom. The van der Waals surface area contributed by atoms with Crippen LogP contribution in [-0.4, -0.2) is 12.3 Å². The molecule has 0 spiro atoms. The van der Waals surface area contributed by atoms with Crippen molar-refractivity contribution < 1.29 is 19.7 Å². The number of ether oxygens (including phenoxy) is 1. The van der Waals surface area contributed by atoms with E-state index in [1.807, 2.05) is 0 Å². The van der Waals surface area contributed by atoms with Gasteiger partial charge >= 0.3 is 5.97 Å². The van der Waals surface area contributed by atoms with E-state index in [1.54, 1.807) is 0 Å². The Kier molecular flexibility index (Phi) is 2.20. The average Bonchev–Trinajstić information content (AvgIpc) is 2.13. The third kappa shape index (κ3) is 1.68. The van der Waals surface area contributed by atoms with Crippen LogP contribution < -0.4 is 0 Å². The Balaban J connectivity index is 2.59. The standard InChI is InChI=1S/C6H5O4/c7-5-3-1-2-4-6(9-5)10-8/h1-4,6H. The van der Waals surface area contributed by atoms with Crippen LogP contribution in [0.2, 0.25) is 0 Å². The van der Waals surface area contributed by atoms with Gasteiger partial charge in [0.05, 0.1) is 0 Å². The van der Waals surface area contributed by atoms with Crippen molar-refractivity contribution in [3.05, 3.63) is 24.3 Å². The number of esters is 1. The number of allylic oxidation sites excluding steroid dienone is 2. The highest BCUT2D eigenvalue weighted by Crippen LogP contribution is 2.00. The van der Waals surface area contributed by atoms with E-state index in [-0.39, 0.29) is 0 Å². The molecule has 4 nitrogen and oxygen atoms in total. The van der Waals surface area contributed by atoms with Gasteiger partial charge in [-0.3, -0.25) is 0 Å². The molecule has 1 atom stereocenters. The topological polar surface area (TPSA) is 55.4 Å². The van der Waals surface area contributed by atoms with Crippen molar-refractivity contribution in [1.82, 2.24) is 0 Å². The number of hydrogen-bond donors (Lipinski definition) is 0. The molecular weight excluding hydrogens is 136 g/mol. The van der Waals surface area contributed by atoms with Crippen LogP contribution in [0.5, 0.6) is 0 Å². The molecule has 0 aromatic rings. The van der Waals surface area contributed by atoms with Crippen molar-refractivity contribution in [1.29, 1.82) is 0 Å². The van der Waals surface area contributed by atoms with Crippen molar-refractivity contribution in [3.63, 3.8) is 0 Å². The number of hydrogen-bond acceptors (Lipinski definition) is 3. The summed E-state index contributed by atoms with van der Waals surface area (Å²) in [7, 11) is 0. The van der Waals surface area contributed by atoms with E-state index >= 15 is 0 Å². The van der Waals surface area contributed by atoms with Crippen molar-refractivity contribution in [2.24, 2.45) is 0 Å². The average molecular weight is 141 g/mol. The van der Waals surface area contributed by atoms with Gasteiger partial charge < -0.3 is 4.74 Å². The molecule has 0 saturated carbocycles. The van der Waals surface area contributed by atoms with Gasteiger partial charge in [-0.1, -0.05) is 12.2 Å². The van der Waals surface area contributed by atoms with Gasteiger partial charge in [-0.15, -0.1) is 0 Å². The van der Waals surface area contributed by atoms with Crippen LogP contribution in [0.4, 0.5) is 0 Å². The lowest BCUT2D eigenvalue weighted by molar-refractivity contribution is -0.367. The molecule has 1 aliphatic rings. The van der Waals surface area contributed by atoms with Crippen LogP contribution in [0.1, 0.15) is 0 Å². The monoisotopic (exact) mass is 141 g/mol. The molecular formula is C6H5O4. The molecule has 1 radical (unpaired) electrons. The van der Waals surface area contributed by atoms with Crippen LogP contribution in [0.3, 0.4) is 0 Å². The number of carbonyl (C=O) groups excluding carboxylic acids is 1. The van der Waals surface area contributed by atoms with Crippen molar-refractivity contribution in [2.45, 2.75) is 6.29 Å². The Morgan fingerprint density at radius 1 is 1.50 bits per heavy atom. The van der Waals surface area contributed by atoms with Crippen molar-refractivity contribution >= 4 is 5.97 Å². The maximum Gasteiger partial charge on any atom is 0.333 e. The predicted octanol–water partition coefficient (Wildman–Crippen LogP) is 0.344. The molecule has 1 heterocycles. The molecule has 4 heteroatoms. The van der Waals surface area contributed by atoms with Crippen LogP contribution in [0.15, 0.2) is 24.3 Å². The minimum atomic E-state index is -1.09. The lowest BCUT2D eigenvalue weighted by atomic mass is 10.4. The van der Waals surface area contributed by atoms with E-state index in [9.17, 15) is 10.1 Å². The molecule has 10 heavy (non-hydrogen) atoms. The van der Waals surface area contributed by atoms with E-state index in [0.717, 1.165) is 0 Å². The van der Waals surface area contributed by atoms with E-state index in [4.69, 9.17) is 0 Å². The molecule has 0 bridgehead atoms. The Morgan fingerprint density at radius 2 is 2.30 bits per heavy atom. The van der Waals surface area contributed by atoms with Crippen LogP contribution in [0, 0.1) is 0 Å². The van der Waals surface area contributed by atoms with E-state index in [1.165, 1.54) is 24.3 Å². The summed E-state index contributed by atoms with van der Waals surface area (Å²) in [5.41, 5.74) is 0. The summed E-state index contributed by atoms with van der Waals surface area (Å²) in [5, 5.41) is 9.73. The minimum Gasteiger partial charge on any atom is -0.426 e. The molecule has 0 fully saturated rings. The Hall–Kier alpha value is -1.13. The first-order chi connectivity index (χ1) is 4.83. The highest BCUT2D eigenvalue weighted by atomic mass is 17.1. The third-order valence-corrected chi connectivity index (χ3v) is 0.939. The smallest absolute Gasteiger partial charge is 0.333 e. The molecule has 0 amide bonds. The predicted molar refractivity (Wildman–Crippen MR) is 29.9 cm³/mol. The quantitative estimate of drug-likeness (QED) is 0.300. The largest absolute Gasteiger partial charge is 0.426 e. The molecule has 0 aromatic heterocycles. The van der Waals surface area contributed by atoms with Crippen molar-refractivity contribution in [2.75, 3.05) is 0 Å². The zero-order valence-corrected chi connectivity index (χ0v) is 5.02. The molecule has 0 N–H and O–H groups in total. The summed E-state index contributed by atoms with van der Waals surface area (Å²) in [4.78, 5) is 14.0. The fourth-order valence-electron chi connectivity index (χ4n) is 0.534. The number of rotatable bonds is 1. The summed E-state index contributed by atoms with van der Waals surface area (Å²) in [5.74, 6) is -0.578. The summed E-state index contributed by atoms with van der Waals surface area (Å²) in [6.45, 7) is 0. The molecule has 53 valence electrons. The van der Waals surface area contributed by atoms with Gasteiger partial charge in [0.25, 0.3) is 6.29 Å². The Labute approximate surface area is 57.3 Å². The van der Waals surface area contributed by atoms with E-state index in [2.05, 4.69) is 9.62 Å². The first-order valence-corrected chi connectivity index (χ1v) is 2.67. The summed E-state index contributed by atoms with van der Waals surface area (Å²) < 4.78 is 4.41. The maximum atomic E-state index is 10.5. The molecule has 1 rings (SSSR count). The van der Waals surface area contributed by atoms with Gasteiger partial charge in [0.2, 0.25) is 0 Å². The van der Waals surface area contributed by atoms with Gasteiger partial charge in [0.1, 0.15) is 0 Å². The zero-order valence-electron chi connectivity index (χ0n) is 5.02. The maximum absolute atomic E-state index is 10.5.